The van der Waals surface area contributed by atoms with Gasteiger partial charge in [-0.25, -0.2) is 15.0 Å². The second-order valence-electron chi connectivity index (χ2n) is 15.9. The minimum Gasteiger partial charge on any atom is -0.484 e. The molecule has 0 radical (unpaired) electrons. The molecule has 5 nitrogen and oxygen atoms in total. The van der Waals surface area contributed by atoms with Crippen molar-refractivity contribution < 1.29 is 4.74 Å². The van der Waals surface area contributed by atoms with Gasteiger partial charge in [0.05, 0.1) is 11.2 Å². The predicted octanol–water partition coefficient (Wildman–Crippen LogP) is 14.1. The molecule has 2 aromatic heterocycles. The Bertz CT molecular complexity index is 3220. The molecule has 0 spiro atoms. The number of rotatable bonds is 7. The molecule has 292 valence electrons. The van der Waals surface area contributed by atoms with Gasteiger partial charge >= 0.3 is 0 Å². The van der Waals surface area contributed by atoms with Crippen molar-refractivity contribution in [2.24, 2.45) is 0 Å². The maximum atomic E-state index is 6.94. The summed E-state index contributed by atoms with van der Waals surface area (Å²) in [6, 6.07) is 72.1. The van der Waals surface area contributed by atoms with Gasteiger partial charge in [0.25, 0.3) is 0 Å². The third-order valence-electron chi connectivity index (χ3n) is 12.2. The molecule has 5 heteroatoms. The maximum Gasteiger partial charge on any atom is 0.164 e. The molecule has 2 atom stereocenters. The van der Waals surface area contributed by atoms with E-state index in [1.54, 1.807) is 0 Å². The van der Waals surface area contributed by atoms with E-state index in [1.807, 2.05) is 12.1 Å². The summed E-state index contributed by atoms with van der Waals surface area (Å²) < 4.78 is 9.30. The van der Waals surface area contributed by atoms with E-state index in [1.165, 1.54) is 27.7 Å². The van der Waals surface area contributed by atoms with Crippen LogP contribution in [0.15, 0.2) is 212 Å². The fraction of sp³-hybridized carbons (Fsp3) is 0.0351. The van der Waals surface area contributed by atoms with Gasteiger partial charge in [-0.2, -0.15) is 0 Å². The molecular weight excluding hydrogens is 757 g/mol. The summed E-state index contributed by atoms with van der Waals surface area (Å²) in [5, 5.41) is 1.22. The van der Waals surface area contributed by atoms with Crippen molar-refractivity contribution in [3.8, 4) is 79.0 Å². The molecular formula is C57H38N4O. The Balaban J connectivity index is 0.930. The molecule has 2 unspecified atom stereocenters. The van der Waals surface area contributed by atoms with E-state index in [9.17, 15) is 0 Å². The van der Waals surface area contributed by atoms with Crippen LogP contribution in [0, 0.1) is 0 Å². The van der Waals surface area contributed by atoms with Crippen molar-refractivity contribution in [1.82, 2.24) is 19.5 Å². The van der Waals surface area contributed by atoms with Crippen LogP contribution in [0.5, 0.6) is 5.75 Å². The molecule has 10 aromatic rings. The van der Waals surface area contributed by atoms with E-state index < -0.39 is 0 Å². The summed E-state index contributed by atoms with van der Waals surface area (Å²) >= 11 is 0. The van der Waals surface area contributed by atoms with Gasteiger partial charge in [0.2, 0.25) is 0 Å². The minimum atomic E-state index is -0.136. The number of aromatic nitrogens is 4. The standard InChI is InChI=1S/C57H38N4O/c1-4-15-37(16-5-1)41-19-12-21-43(35-41)56-58-55(59-57(60-56)44-22-13-20-42(36-44)38-17-6-2-7-18-38)40-31-29-39(30-32-40)46-26-14-28-51-52(46)48-33-34-50-53(54(48)62-51)47-25-10-11-27-49(47)61(50)45-23-8-3-9-24-45/h1-36,48,54H. The number of benzene rings is 8. The molecule has 0 bridgehead atoms. The highest BCUT2D eigenvalue weighted by atomic mass is 16.5. The number of fused-ring (bicyclic) bond motifs is 7. The summed E-state index contributed by atoms with van der Waals surface area (Å²) in [5.74, 6) is 2.86. The number of ether oxygens (including phenoxy) is 1. The van der Waals surface area contributed by atoms with E-state index in [0.29, 0.717) is 17.5 Å². The van der Waals surface area contributed by atoms with E-state index in [2.05, 4.69) is 211 Å². The molecule has 1 aliphatic heterocycles. The van der Waals surface area contributed by atoms with Gasteiger partial charge < -0.3 is 9.30 Å². The molecule has 0 N–H and O–H groups in total. The first-order valence-corrected chi connectivity index (χ1v) is 21.1. The Morgan fingerprint density at radius 1 is 0.403 bits per heavy atom. The first-order chi connectivity index (χ1) is 30.7. The molecule has 1 aliphatic carbocycles. The molecule has 62 heavy (non-hydrogen) atoms. The molecule has 3 heterocycles. The number of hydrogen-bond acceptors (Lipinski definition) is 4. The first-order valence-electron chi connectivity index (χ1n) is 21.1. The highest BCUT2D eigenvalue weighted by Gasteiger charge is 2.41. The van der Waals surface area contributed by atoms with E-state index >= 15 is 0 Å². The third kappa shape index (κ3) is 6.13. The summed E-state index contributed by atoms with van der Waals surface area (Å²) in [7, 11) is 0. The lowest BCUT2D eigenvalue weighted by Crippen LogP contribution is -2.13. The van der Waals surface area contributed by atoms with Crippen molar-refractivity contribution in [3.63, 3.8) is 0 Å². The first kappa shape index (κ1) is 35.8. The van der Waals surface area contributed by atoms with Gasteiger partial charge in [-0.05, 0) is 75.9 Å². The van der Waals surface area contributed by atoms with Crippen LogP contribution in [-0.4, -0.2) is 19.5 Å². The van der Waals surface area contributed by atoms with Crippen molar-refractivity contribution in [2.45, 2.75) is 12.0 Å². The maximum absolute atomic E-state index is 6.94. The fourth-order valence-electron chi connectivity index (χ4n) is 9.34. The third-order valence-corrected chi connectivity index (χ3v) is 12.2. The summed E-state index contributed by atoms with van der Waals surface area (Å²) in [6.07, 6.45) is 4.49. The van der Waals surface area contributed by atoms with Crippen LogP contribution in [0.3, 0.4) is 0 Å². The van der Waals surface area contributed by atoms with Gasteiger partial charge in [0.15, 0.2) is 17.5 Å². The Hall–Kier alpha value is -8.15. The van der Waals surface area contributed by atoms with Gasteiger partial charge in [-0.1, -0.05) is 176 Å². The molecule has 0 saturated carbocycles. The largest absolute Gasteiger partial charge is 0.484 e. The molecule has 12 rings (SSSR count). The smallest absolute Gasteiger partial charge is 0.164 e. The van der Waals surface area contributed by atoms with Crippen LogP contribution >= 0.6 is 0 Å². The van der Waals surface area contributed by atoms with Gasteiger partial charge in [-0.15, -0.1) is 0 Å². The quantitative estimate of drug-likeness (QED) is 0.161. The van der Waals surface area contributed by atoms with Crippen molar-refractivity contribution in [2.75, 3.05) is 0 Å². The summed E-state index contributed by atoms with van der Waals surface area (Å²) in [6.45, 7) is 0. The normalized spacial score (nSPS) is 14.8. The van der Waals surface area contributed by atoms with Gasteiger partial charge in [-0.3, -0.25) is 0 Å². The lowest BCUT2D eigenvalue weighted by atomic mass is 9.82. The average Bonchev–Trinajstić information content (AvgIpc) is 3.91. The van der Waals surface area contributed by atoms with Crippen LogP contribution in [0.4, 0.5) is 0 Å². The fourth-order valence-corrected chi connectivity index (χ4v) is 9.34. The van der Waals surface area contributed by atoms with Crippen LogP contribution in [0.2, 0.25) is 0 Å². The van der Waals surface area contributed by atoms with Crippen LogP contribution < -0.4 is 4.74 Å². The molecule has 0 amide bonds. The van der Waals surface area contributed by atoms with Crippen LogP contribution in [-0.2, 0) is 0 Å². The van der Waals surface area contributed by atoms with E-state index in [-0.39, 0.29) is 12.0 Å². The predicted molar refractivity (Wildman–Crippen MR) is 251 cm³/mol. The van der Waals surface area contributed by atoms with E-state index in [4.69, 9.17) is 19.7 Å². The SMILES string of the molecule is C1=CC2c3c(cccc3-c3ccc(-c4nc(-c5cccc(-c6ccccc6)c5)nc(-c5cccc(-c6ccccc6)c5)n4)cc3)OC2c2c1n(-c1ccccc1)c1ccccc21. The van der Waals surface area contributed by atoms with E-state index in [0.717, 1.165) is 61.5 Å². The van der Waals surface area contributed by atoms with Crippen LogP contribution in [0.1, 0.15) is 28.8 Å². The molecule has 0 fully saturated rings. The number of hydrogen-bond donors (Lipinski definition) is 0. The zero-order chi connectivity index (χ0) is 41.0. The zero-order valence-electron chi connectivity index (χ0n) is 33.6. The van der Waals surface area contributed by atoms with Gasteiger partial charge in [0.1, 0.15) is 11.9 Å². The van der Waals surface area contributed by atoms with Crippen molar-refractivity contribution in [3.05, 3.63) is 229 Å². The average molecular weight is 795 g/mol. The Labute approximate surface area is 360 Å². The van der Waals surface area contributed by atoms with Crippen molar-refractivity contribution in [1.29, 1.82) is 0 Å². The monoisotopic (exact) mass is 794 g/mol. The zero-order valence-corrected chi connectivity index (χ0v) is 33.6. The molecule has 0 saturated heterocycles. The number of para-hydroxylation sites is 2. The number of nitrogens with zero attached hydrogens (tertiary/aromatic N) is 4. The molecule has 2 aliphatic rings. The topological polar surface area (TPSA) is 52.8 Å². The summed E-state index contributed by atoms with van der Waals surface area (Å²) in [4.78, 5) is 15.4. The highest BCUT2D eigenvalue weighted by molar-refractivity contribution is 5.92. The highest BCUT2D eigenvalue weighted by Crippen LogP contribution is 2.55. The second kappa shape index (κ2) is 14.8. The summed E-state index contributed by atoms with van der Waals surface area (Å²) in [5.41, 5.74) is 15.5. The van der Waals surface area contributed by atoms with Crippen LogP contribution in [0.25, 0.3) is 90.2 Å². The lowest BCUT2D eigenvalue weighted by molar-refractivity contribution is 0.224. The van der Waals surface area contributed by atoms with Crippen molar-refractivity contribution >= 4 is 17.0 Å². The Morgan fingerprint density at radius 2 is 0.919 bits per heavy atom. The lowest BCUT2D eigenvalue weighted by Gasteiger charge is -2.23. The molecule has 8 aromatic carbocycles. The second-order valence-corrected chi connectivity index (χ2v) is 15.9. The van der Waals surface area contributed by atoms with Gasteiger partial charge in [0, 0.05) is 44.8 Å². The minimum absolute atomic E-state index is 0.0651. The Kier molecular flexibility index (Phi) is 8.56. The Morgan fingerprint density at radius 3 is 1.56 bits per heavy atom.